The monoisotopic (exact) mass is 367 g/mol. The van der Waals surface area contributed by atoms with Gasteiger partial charge in [-0.3, -0.25) is 0 Å². The van der Waals surface area contributed by atoms with Gasteiger partial charge in [-0.1, -0.05) is 42.8 Å². The summed E-state index contributed by atoms with van der Waals surface area (Å²) < 4.78 is 6.24. The van der Waals surface area contributed by atoms with Crippen LogP contribution in [0.3, 0.4) is 0 Å². The molecule has 4 heteroatoms. The second-order valence-corrected chi connectivity index (χ2v) is 6.07. The topological polar surface area (TPSA) is 21.3 Å². The summed E-state index contributed by atoms with van der Waals surface area (Å²) in [5, 5.41) is 4.31. The van der Waals surface area contributed by atoms with Crippen molar-refractivity contribution in [1.82, 2.24) is 5.32 Å². The van der Waals surface area contributed by atoms with Gasteiger partial charge in [0.1, 0.15) is 5.75 Å². The maximum absolute atomic E-state index is 6.33. The van der Waals surface area contributed by atoms with Crippen LogP contribution in [0.15, 0.2) is 46.9 Å². The molecule has 0 aliphatic carbocycles. The van der Waals surface area contributed by atoms with Gasteiger partial charge < -0.3 is 10.1 Å². The summed E-state index contributed by atoms with van der Waals surface area (Å²) in [6.45, 7) is 3.00. The molecule has 21 heavy (non-hydrogen) atoms. The van der Waals surface area contributed by atoms with Crippen LogP contribution in [-0.4, -0.2) is 13.7 Å². The van der Waals surface area contributed by atoms with E-state index in [9.17, 15) is 0 Å². The molecule has 0 aliphatic heterocycles. The Morgan fingerprint density at radius 3 is 2.62 bits per heavy atom. The predicted octanol–water partition coefficient (Wildman–Crippen LogP) is 5.00. The molecule has 0 amide bonds. The molecule has 2 rings (SSSR count). The zero-order valence-corrected chi connectivity index (χ0v) is 14.5. The molecule has 0 heterocycles. The fraction of sp³-hybridized carbons (Fsp3) is 0.294. The molecule has 0 saturated heterocycles. The molecular weight excluding hydrogens is 350 g/mol. The predicted molar refractivity (Wildman–Crippen MR) is 92.3 cm³/mol. The smallest absolute Gasteiger partial charge is 0.133 e. The number of hydrogen-bond donors (Lipinski definition) is 1. The quantitative estimate of drug-likeness (QED) is 0.774. The Hall–Kier alpha value is -1.03. The van der Waals surface area contributed by atoms with Crippen molar-refractivity contribution in [2.24, 2.45) is 0 Å². The molecule has 1 unspecified atom stereocenters. The Labute approximate surface area is 139 Å². The molecule has 2 aromatic carbocycles. The van der Waals surface area contributed by atoms with Crippen molar-refractivity contribution in [2.75, 3.05) is 13.7 Å². The van der Waals surface area contributed by atoms with Crippen molar-refractivity contribution in [3.05, 3.63) is 63.1 Å². The lowest BCUT2D eigenvalue weighted by molar-refractivity contribution is 0.412. The molecule has 0 aliphatic rings. The van der Waals surface area contributed by atoms with E-state index in [-0.39, 0.29) is 6.04 Å². The third-order valence-corrected chi connectivity index (χ3v) is 4.35. The van der Waals surface area contributed by atoms with Crippen molar-refractivity contribution in [3.63, 3.8) is 0 Å². The molecule has 2 aromatic rings. The van der Waals surface area contributed by atoms with Crippen LogP contribution >= 0.6 is 27.5 Å². The summed E-state index contributed by atoms with van der Waals surface area (Å²) in [5.41, 5.74) is 2.36. The average molecular weight is 369 g/mol. The average Bonchev–Trinajstić information content (AvgIpc) is 2.47. The van der Waals surface area contributed by atoms with Crippen LogP contribution in [0.5, 0.6) is 5.75 Å². The largest absolute Gasteiger partial charge is 0.496 e. The first-order valence-corrected chi connectivity index (χ1v) is 8.13. The number of hydrogen-bond acceptors (Lipinski definition) is 2. The van der Waals surface area contributed by atoms with Crippen molar-refractivity contribution < 1.29 is 4.74 Å². The fourth-order valence-electron chi connectivity index (χ4n) is 2.37. The highest BCUT2D eigenvalue weighted by molar-refractivity contribution is 9.10. The van der Waals surface area contributed by atoms with Gasteiger partial charge in [-0.15, -0.1) is 0 Å². The maximum atomic E-state index is 6.33. The van der Waals surface area contributed by atoms with Crippen LogP contribution in [0.2, 0.25) is 5.02 Å². The summed E-state index contributed by atoms with van der Waals surface area (Å²) in [6, 6.07) is 14.4. The highest BCUT2D eigenvalue weighted by Crippen LogP contribution is 2.29. The van der Waals surface area contributed by atoms with E-state index in [1.54, 1.807) is 7.11 Å². The number of nitrogens with one attached hydrogen (secondary N) is 1. The van der Waals surface area contributed by atoms with Gasteiger partial charge in [-0.05, 0) is 58.2 Å². The Morgan fingerprint density at radius 2 is 2.00 bits per heavy atom. The van der Waals surface area contributed by atoms with Gasteiger partial charge in [0.25, 0.3) is 0 Å². The molecule has 0 bridgehead atoms. The van der Waals surface area contributed by atoms with Crippen LogP contribution in [0.25, 0.3) is 0 Å². The minimum Gasteiger partial charge on any atom is -0.496 e. The minimum absolute atomic E-state index is 0.198. The summed E-state index contributed by atoms with van der Waals surface area (Å²) >= 11 is 9.87. The molecular formula is C17H19BrClNO. The second kappa shape index (κ2) is 7.83. The summed E-state index contributed by atoms with van der Waals surface area (Å²) in [4.78, 5) is 0. The molecule has 2 nitrogen and oxygen atoms in total. The zero-order chi connectivity index (χ0) is 15.2. The van der Waals surface area contributed by atoms with Gasteiger partial charge >= 0.3 is 0 Å². The Bertz CT molecular complexity index is 603. The maximum Gasteiger partial charge on any atom is 0.133 e. The summed E-state index contributed by atoms with van der Waals surface area (Å²) in [5.74, 6) is 0.844. The number of benzene rings is 2. The highest BCUT2D eigenvalue weighted by atomic mass is 79.9. The molecule has 1 N–H and O–H groups in total. The summed E-state index contributed by atoms with van der Waals surface area (Å²) in [7, 11) is 1.67. The van der Waals surface area contributed by atoms with Gasteiger partial charge in [0.2, 0.25) is 0 Å². The van der Waals surface area contributed by atoms with Gasteiger partial charge in [0.15, 0.2) is 0 Å². The van der Waals surface area contributed by atoms with Gasteiger partial charge in [0, 0.05) is 11.1 Å². The minimum atomic E-state index is 0.198. The Balaban J connectivity index is 2.24. The Kier molecular flexibility index (Phi) is 6.09. The van der Waals surface area contributed by atoms with E-state index in [0.29, 0.717) is 0 Å². The van der Waals surface area contributed by atoms with Crippen molar-refractivity contribution in [1.29, 1.82) is 0 Å². The molecule has 0 spiro atoms. The standard InChI is InChI=1S/C17H19BrClNO/c1-3-20-16(13-6-4-5-7-15(13)19)11-12-8-9-17(21-2)14(18)10-12/h4-10,16,20H,3,11H2,1-2H3. The van der Waals surface area contributed by atoms with E-state index in [2.05, 4.69) is 46.4 Å². The number of halogens is 2. The first-order valence-electron chi connectivity index (χ1n) is 6.96. The second-order valence-electron chi connectivity index (χ2n) is 4.80. The molecule has 0 saturated carbocycles. The zero-order valence-electron chi connectivity index (χ0n) is 12.2. The lowest BCUT2D eigenvalue weighted by atomic mass is 9.98. The lowest BCUT2D eigenvalue weighted by Gasteiger charge is -2.20. The molecule has 0 radical (unpaired) electrons. The molecule has 112 valence electrons. The number of rotatable bonds is 6. The van der Waals surface area contributed by atoms with Gasteiger partial charge in [0.05, 0.1) is 11.6 Å². The Morgan fingerprint density at radius 1 is 1.24 bits per heavy atom. The van der Waals surface area contributed by atoms with E-state index in [4.69, 9.17) is 16.3 Å². The normalized spacial score (nSPS) is 12.2. The molecule has 1 atom stereocenters. The van der Waals surface area contributed by atoms with Crippen molar-refractivity contribution in [2.45, 2.75) is 19.4 Å². The van der Waals surface area contributed by atoms with Crippen LogP contribution < -0.4 is 10.1 Å². The van der Waals surface area contributed by atoms with Crippen molar-refractivity contribution >= 4 is 27.5 Å². The van der Waals surface area contributed by atoms with Crippen LogP contribution in [0.4, 0.5) is 0 Å². The lowest BCUT2D eigenvalue weighted by Crippen LogP contribution is -2.23. The van der Waals surface area contributed by atoms with E-state index >= 15 is 0 Å². The van der Waals surface area contributed by atoms with Gasteiger partial charge in [-0.25, -0.2) is 0 Å². The van der Waals surface area contributed by atoms with E-state index < -0.39 is 0 Å². The summed E-state index contributed by atoms with van der Waals surface area (Å²) in [6.07, 6.45) is 0.875. The number of likely N-dealkylation sites (N-methyl/N-ethyl adjacent to an activating group) is 1. The van der Waals surface area contributed by atoms with E-state index in [1.807, 2.05) is 24.3 Å². The van der Waals surface area contributed by atoms with Crippen molar-refractivity contribution in [3.8, 4) is 5.75 Å². The first kappa shape index (κ1) is 16.3. The number of methoxy groups -OCH3 is 1. The first-order chi connectivity index (χ1) is 10.2. The number of ether oxygens (including phenoxy) is 1. The third-order valence-electron chi connectivity index (χ3n) is 3.39. The fourth-order valence-corrected chi connectivity index (χ4v) is 3.22. The molecule has 0 aromatic heterocycles. The van der Waals surface area contributed by atoms with E-state index in [0.717, 1.165) is 33.8 Å². The SMILES string of the molecule is CCNC(Cc1ccc(OC)c(Br)c1)c1ccccc1Cl. The van der Waals surface area contributed by atoms with Gasteiger partial charge in [-0.2, -0.15) is 0 Å². The third kappa shape index (κ3) is 4.22. The van der Waals surface area contributed by atoms with E-state index in [1.165, 1.54) is 5.56 Å². The highest BCUT2D eigenvalue weighted by Gasteiger charge is 2.14. The molecule has 0 fully saturated rings. The van der Waals surface area contributed by atoms with Crippen LogP contribution in [0.1, 0.15) is 24.1 Å². The van der Waals surface area contributed by atoms with Crippen LogP contribution in [-0.2, 0) is 6.42 Å². The van der Waals surface area contributed by atoms with Crippen LogP contribution in [0, 0.1) is 0 Å².